The van der Waals surface area contributed by atoms with Crippen molar-refractivity contribution in [1.29, 1.82) is 0 Å². The van der Waals surface area contributed by atoms with Crippen LogP contribution in [-0.2, 0) is 0 Å². The molecule has 1 saturated carbocycles. The molecule has 38 heavy (non-hydrogen) atoms. The average molecular weight is 523 g/mol. The summed E-state index contributed by atoms with van der Waals surface area (Å²) in [6.07, 6.45) is 11.6. The number of hydrogen-bond donors (Lipinski definition) is 0. The minimum Gasteiger partial charge on any atom is -0.338 e. The number of hydrogen-bond acceptors (Lipinski definition) is 3. The van der Waals surface area contributed by atoms with Crippen LogP contribution in [0.1, 0.15) is 78.8 Å². The van der Waals surface area contributed by atoms with E-state index in [0.29, 0.717) is 23.7 Å². The van der Waals surface area contributed by atoms with Gasteiger partial charge in [0.25, 0.3) is 5.91 Å². The van der Waals surface area contributed by atoms with Gasteiger partial charge in [0.05, 0.1) is 0 Å². The number of carbonyl (C=O) groups excluding carboxylic acids is 1. The van der Waals surface area contributed by atoms with Crippen molar-refractivity contribution >= 4 is 28.0 Å². The second-order valence-corrected chi connectivity index (χ2v) is 12.4. The zero-order chi connectivity index (χ0) is 25.9. The first kappa shape index (κ1) is 25.3. The Hall–Kier alpha value is -2.98. The highest BCUT2D eigenvalue weighted by molar-refractivity contribution is 7.08. The molecule has 2 aromatic carbocycles. The third-order valence-electron chi connectivity index (χ3n) is 9.39. The molecule has 0 bridgehead atoms. The van der Waals surface area contributed by atoms with Gasteiger partial charge in [-0.1, -0.05) is 56.2 Å². The zero-order valence-electron chi connectivity index (χ0n) is 22.3. The lowest BCUT2D eigenvalue weighted by atomic mass is 9.77. The monoisotopic (exact) mass is 522 g/mol. The number of fused-ring (bicyclic) bond motifs is 1. The van der Waals surface area contributed by atoms with E-state index < -0.39 is 0 Å². The zero-order valence-corrected chi connectivity index (χ0v) is 23.2. The molecule has 2 fully saturated rings. The Labute approximate surface area is 230 Å². The van der Waals surface area contributed by atoms with Crippen LogP contribution in [0.15, 0.2) is 83.8 Å². The molecular weight excluding hydrogens is 484 g/mol. The van der Waals surface area contributed by atoms with Crippen molar-refractivity contribution in [2.45, 2.75) is 57.3 Å². The highest BCUT2D eigenvalue weighted by Crippen LogP contribution is 2.43. The molecule has 0 radical (unpaired) electrons. The van der Waals surface area contributed by atoms with Crippen LogP contribution in [0.25, 0.3) is 10.8 Å². The molecule has 5 unspecified atom stereocenters. The number of rotatable bonds is 6. The van der Waals surface area contributed by atoms with E-state index >= 15 is 0 Å². The summed E-state index contributed by atoms with van der Waals surface area (Å²) >= 11 is 1.78. The summed E-state index contributed by atoms with van der Waals surface area (Å²) in [6, 6.07) is 21.1. The summed E-state index contributed by atoms with van der Waals surface area (Å²) in [7, 11) is 0. The minimum atomic E-state index is 0.187. The molecule has 1 amide bonds. The fraction of sp³-hybridized carbons (Fsp3) is 0.412. The normalized spacial score (nSPS) is 24.8. The van der Waals surface area contributed by atoms with Crippen LogP contribution in [0.5, 0.6) is 0 Å². The van der Waals surface area contributed by atoms with Crippen LogP contribution in [0.2, 0.25) is 0 Å². The summed E-state index contributed by atoms with van der Waals surface area (Å²) < 4.78 is 0. The molecule has 4 aromatic rings. The molecule has 5 atom stereocenters. The van der Waals surface area contributed by atoms with Gasteiger partial charge in [-0.2, -0.15) is 11.3 Å². The maximum atomic E-state index is 13.8. The molecule has 4 heteroatoms. The first-order valence-electron chi connectivity index (χ1n) is 14.4. The molecule has 0 N–H and O–H groups in total. The second kappa shape index (κ2) is 11.4. The van der Waals surface area contributed by atoms with Gasteiger partial charge in [-0.15, -0.1) is 0 Å². The highest BCUT2D eigenvalue weighted by Gasteiger charge is 2.38. The predicted octanol–water partition coefficient (Wildman–Crippen LogP) is 8.54. The molecule has 1 aliphatic carbocycles. The first-order valence-corrected chi connectivity index (χ1v) is 15.3. The third kappa shape index (κ3) is 5.29. The van der Waals surface area contributed by atoms with Gasteiger partial charge in [-0.05, 0) is 106 Å². The summed E-state index contributed by atoms with van der Waals surface area (Å²) in [5.74, 6) is 3.24. The van der Waals surface area contributed by atoms with Crippen LogP contribution in [-0.4, -0.2) is 28.9 Å². The molecule has 2 aliphatic rings. The summed E-state index contributed by atoms with van der Waals surface area (Å²) in [4.78, 5) is 20.2. The molecule has 3 nitrogen and oxygen atoms in total. The number of amides is 1. The van der Waals surface area contributed by atoms with E-state index in [1.54, 1.807) is 11.3 Å². The number of aromatic nitrogens is 1. The molecule has 1 aliphatic heterocycles. The van der Waals surface area contributed by atoms with Crippen LogP contribution >= 0.6 is 11.3 Å². The standard InChI is InChI=1S/C34H38N2OS/c1-24(25-7-4-8-26(13-12-25)27-14-17-35-18-15-27)20-30-21-36(22-33(30)29-16-19-38-23-29)34(37)32-11-5-9-28-6-2-3-10-31(28)32/h2-3,5-6,9-11,14-19,23-26,30,33H,4,7-8,12-13,20-22H2,1H3. The largest absolute Gasteiger partial charge is 0.338 e. The van der Waals surface area contributed by atoms with E-state index in [1.807, 2.05) is 36.7 Å². The summed E-state index contributed by atoms with van der Waals surface area (Å²) in [5.41, 5.74) is 3.72. The van der Waals surface area contributed by atoms with E-state index in [2.05, 4.69) is 64.0 Å². The predicted molar refractivity (Wildman–Crippen MR) is 158 cm³/mol. The number of pyridine rings is 1. The SMILES string of the molecule is CC(CC1CN(C(=O)c2cccc3ccccc23)CC1c1ccsc1)C1CCCC(c2ccncc2)CC1. The lowest BCUT2D eigenvalue weighted by molar-refractivity contribution is 0.0785. The molecular formula is C34H38N2OS. The molecule has 6 rings (SSSR count). The van der Waals surface area contributed by atoms with E-state index in [-0.39, 0.29) is 5.91 Å². The lowest BCUT2D eigenvalue weighted by Gasteiger charge is -2.27. The molecule has 2 aromatic heterocycles. The Morgan fingerprint density at radius 1 is 0.947 bits per heavy atom. The van der Waals surface area contributed by atoms with Crippen molar-refractivity contribution in [2.24, 2.45) is 17.8 Å². The van der Waals surface area contributed by atoms with E-state index in [0.717, 1.165) is 35.3 Å². The van der Waals surface area contributed by atoms with Gasteiger partial charge >= 0.3 is 0 Å². The first-order chi connectivity index (χ1) is 18.7. The average Bonchev–Trinajstić information content (AvgIpc) is 3.57. The number of carbonyl (C=O) groups is 1. The Bertz CT molecular complexity index is 1350. The number of nitrogens with zero attached hydrogens (tertiary/aromatic N) is 2. The van der Waals surface area contributed by atoms with Gasteiger partial charge in [0.15, 0.2) is 0 Å². The van der Waals surface area contributed by atoms with E-state index in [9.17, 15) is 4.79 Å². The highest BCUT2D eigenvalue weighted by atomic mass is 32.1. The van der Waals surface area contributed by atoms with Gasteiger partial charge < -0.3 is 4.90 Å². The Morgan fingerprint density at radius 3 is 2.63 bits per heavy atom. The fourth-order valence-electron chi connectivity index (χ4n) is 7.26. The van der Waals surface area contributed by atoms with Crippen LogP contribution in [0.4, 0.5) is 0 Å². The van der Waals surface area contributed by atoms with Crippen molar-refractivity contribution in [3.05, 3.63) is 101 Å². The van der Waals surface area contributed by atoms with Crippen molar-refractivity contribution in [3.8, 4) is 0 Å². The lowest BCUT2D eigenvalue weighted by Crippen LogP contribution is -2.29. The van der Waals surface area contributed by atoms with Crippen LogP contribution in [0.3, 0.4) is 0 Å². The van der Waals surface area contributed by atoms with Gasteiger partial charge in [-0.25, -0.2) is 0 Å². The molecule has 3 heterocycles. The van der Waals surface area contributed by atoms with Gasteiger partial charge in [0, 0.05) is 37.0 Å². The summed E-state index contributed by atoms with van der Waals surface area (Å²) in [5, 5.41) is 6.69. The maximum absolute atomic E-state index is 13.8. The number of likely N-dealkylation sites (tertiary alicyclic amines) is 1. The minimum absolute atomic E-state index is 0.187. The molecule has 0 spiro atoms. The Kier molecular flexibility index (Phi) is 7.60. The Balaban J connectivity index is 1.17. The molecule has 196 valence electrons. The van der Waals surface area contributed by atoms with Gasteiger partial charge in [0.1, 0.15) is 0 Å². The fourth-order valence-corrected chi connectivity index (χ4v) is 7.98. The second-order valence-electron chi connectivity index (χ2n) is 11.6. The quantitative estimate of drug-likeness (QED) is 0.238. The van der Waals surface area contributed by atoms with Crippen LogP contribution in [0, 0.1) is 17.8 Å². The number of benzene rings is 2. The van der Waals surface area contributed by atoms with Crippen LogP contribution < -0.4 is 0 Å². The van der Waals surface area contributed by atoms with Crippen molar-refractivity contribution in [2.75, 3.05) is 13.1 Å². The van der Waals surface area contributed by atoms with Crippen molar-refractivity contribution < 1.29 is 4.79 Å². The van der Waals surface area contributed by atoms with E-state index in [1.165, 1.54) is 49.7 Å². The maximum Gasteiger partial charge on any atom is 0.254 e. The number of thiophene rings is 1. The Morgan fingerprint density at radius 2 is 1.79 bits per heavy atom. The van der Waals surface area contributed by atoms with Crippen molar-refractivity contribution in [1.82, 2.24) is 9.88 Å². The van der Waals surface area contributed by atoms with Gasteiger partial charge in [0.2, 0.25) is 0 Å². The van der Waals surface area contributed by atoms with E-state index in [4.69, 9.17) is 0 Å². The molecule has 1 saturated heterocycles. The topological polar surface area (TPSA) is 33.2 Å². The van der Waals surface area contributed by atoms with Gasteiger partial charge in [-0.3, -0.25) is 9.78 Å². The smallest absolute Gasteiger partial charge is 0.254 e. The van der Waals surface area contributed by atoms with Crippen molar-refractivity contribution in [3.63, 3.8) is 0 Å². The third-order valence-corrected chi connectivity index (χ3v) is 10.1. The summed E-state index contributed by atoms with van der Waals surface area (Å²) in [6.45, 7) is 4.17.